The molecule has 3 nitrogen and oxygen atoms in total. The predicted molar refractivity (Wildman–Crippen MR) is 80.6 cm³/mol. The summed E-state index contributed by atoms with van der Waals surface area (Å²) < 4.78 is 18.9. The lowest BCUT2D eigenvalue weighted by Gasteiger charge is -2.14. The molecule has 0 aliphatic carbocycles. The SMILES string of the molecule is CCCCCCOCC(O)CNc1cc(C)ccc1F. The van der Waals surface area contributed by atoms with Crippen LogP contribution < -0.4 is 5.32 Å². The van der Waals surface area contributed by atoms with Crippen LogP contribution in [0.1, 0.15) is 38.2 Å². The molecule has 1 aromatic carbocycles. The van der Waals surface area contributed by atoms with Crippen LogP contribution in [0.4, 0.5) is 10.1 Å². The maximum absolute atomic E-state index is 13.5. The van der Waals surface area contributed by atoms with Crippen LogP contribution in [0.3, 0.4) is 0 Å². The molecule has 0 heterocycles. The summed E-state index contributed by atoms with van der Waals surface area (Å²) in [5, 5.41) is 12.7. The van der Waals surface area contributed by atoms with Crippen LogP contribution in [0.5, 0.6) is 0 Å². The molecular formula is C16H26FNO2. The molecule has 0 fully saturated rings. The first-order valence-corrected chi connectivity index (χ1v) is 7.39. The number of aryl methyl sites for hydroxylation is 1. The van der Waals surface area contributed by atoms with Gasteiger partial charge in [0.2, 0.25) is 0 Å². The fraction of sp³-hybridized carbons (Fsp3) is 0.625. The maximum atomic E-state index is 13.5. The number of hydrogen-bond donors (Lipinski definition) is 2. The molecule has 0 saturated carbocycles. The van der Waals surface area contributed by atoms with Gasteiger partial charge in [-0.2, -0.15) is 0 Å². The molecule has 2 N–H and O–H groups in total. The largest absolute Gasteiger partial charge is 0.389 e. The molecule has 20 heavy (non-hydrogen) atoms. The van der Waals surface area contributed by atoms with E-state index in [9.17, 15) is 9.50 Å². The summed E-state index contributed by atoms with van der Waals surface area (Å²) in [7, 11) is 0. The van der Waals surface area contributed by atoms with Crippen molar-refractivity contribution < 1.29 is 14.2 Å². The van der Waals surface area contributed by atoms with Gasteiger partial charge in [0.05, 0.1) is 18.4 Å². The second-order valence-corrected chi connectivity index (χ2v) is 5.15. The van der Waals surface area contributed by atoms with E-state index in [1.165, 1.54) is 25.3 Å². The van der Waals surface area contributed by atoms with Crippen molar-refractivity contribution in [3.63, 3.8) is 0 Å². The number of hydrogen-bond acceptors (Lipinski definition) is 3. The minimum atomic E-state index is -0.624. The zero-order valence-electron chi connectivity index (χ0n) is 12.5. The lowest BCUT2D eigenvalue weighted by Crippen LogP contribution is -2.25. The number of unbranched alkanes of at least 4 members (excludes halogenated alkanes) is 3. The summed E-state index contributed by atoms with van der Waals surface area (Å²) in [6, 6.07) is 4.87. The highest BCUT2D eigenvalue weighted by molar-refractivity contribution is 5.47. The Hall–Kier alpha value is -1.13. The van der Waals surface area contributed by atoms with E-state index in [0.29, 0.717) is 12.3 Å². The van der Waals surface area contributed by atoms with Crippen LogP contribution in [-0.2, 0) is 4.74 Å². The van der Waals surface area contributed by atoms with Gasteiger partial charge >= 0.3 is 0 Å². The first-order chi connectivity index (χ1) is 9.63. The molecule has 0 saturated heterocycles. The Labute approximate surface area is 121 Å². The molecule has 0 radical (unpaired) electrons. The van der Waals surface area contributed by atoms with Crippen LogP contribution in [0, 0.1) is 12.7 Å². The van der Waals surface area contributed by atoms with E-state index in [0.717, 1.165) is 12.0 Å². The molecule has 1 aromatic rings. The van der Waals surface area contributed by atoms with Crippen molar-refractivity contribution in [2.75, 3.05) is 25.1 Å². The van der Waals surface area contributed by atoms with Crippen LogP contribution in [0.25, 0.3) is 0 Å². The number of rotatable bonds is 10. The second kappa shape index (κ2) is 9.72. The quantitative estimate of drug-likeness (QED) is 0.646. The number of halogens is 1. The first kappa shape index (κ1) is 16.9. The van der Waals surface area contributed by atoms with Crippen molar-refractivity contribution in [1.29, 1.82) is 0 Å². The molecular weight excluding hydrogens is 257 g/mol. The second-order valence-electron chi connectivity index (χ2n) is 5.15. The zero-order valence-corrected chi connectivity index (χ0v) is 12.5. The lowest BCUT2D eigenvalue weighted by atomic mass is 10.2. The first-order valence-electron chi connectivity index (χ1n) is 7.39. The summed E-state index contributed by atoms with van der Waals surface area (Å²) in [6.07, 6.45) is 4.00. The van der Waals surface area contributed by atoms with Crippen molar-refractivity contribution in [2.45, 2.75) is 45.6 Å². The molecule has 0 bridgehead atoms. The lowest BCUT2D eigenvalue weighted by molar-refractivity contribution is 0.0416. The van der Waals surface area contributed by atoms with E-state index < -0.39 is 6.10 Å². The van der Waals surface area contributed by atoms with E-state index in [4.69, 9.17) is 4.74 Å². The van der Waals surface area contributed by atoms with Gasteiger partial charge in [0.15, 0.2) is 0 Å². The molecule has 1 unspecified atom stereocenters. The Balaban J connectivity index is 2.16. The minimum Gasteiger partial charge on any atom is -0.389 e. The Morgan fingerprint density at radius 3 is 2.85 bits per heavy atom. The molecule has 0 aliphatic rings. The van der Waals surface area contributed by atoms with Crippen LogP contribution >= 0.6 is 0 Å². The Morgan fingerprint density at radius 2 is 2.10 bits per heavy atom. The monoisotopic (exact) mass is 283 g/mol. The van der Waals surface area contributed by atoms with E-state index >= 15 is 0 Å². The van der Waals surface area contributed by atoms with Crippen molar-refractivity contribution >= 4 is 5.69 Å². The summed E-state index contributed by atoms with van der Waals surface area (Å²) >= 11 is 0. The summed E-state index contributed by atoms with van der Waals surface area (Å²) in [5.74, 6) is -0.303. The molecule has 0 aromatic heterocycles. The smallest absolute Gasteiger partial charge is 0.146 e. The van der Waals surface area contributed by atoms with E-state index in [2.05, 4.69) is 12.2 Å². The third-order valence-corrected chi connectivity index (χ3v) is 3.10. The van der Waals surface area contributed by atoms with Gasteiger partial charge < -0.3 is 15.2 Å². The number of aliphatic hydroxyl groups is 1. The van der Waals surface area contributed by atoms with Gasteiger partial charge in [-0.15, -0.1) is 0 Å². The Bertz CT molecular complexity index is 385. The van der Waals surface area contributed by atoms with Crippen molar-refractivity contribution in [2.24, 2.45) is 0 Å². The van der Waals surface area contributed by atoms with E-state index in [1.807, 2.05) is 6.92 Å². The fourth-order valence-corrected chi connectivity index (χ4v) is 1.91. The zero-order chi connectivity index (χ0) is 14.8. The molecule has 0 spiro atoms. The Kier molecular flexibility index (Phi) is 8.23. The number of anilines is 1. The van der Waals surface area contributed by atoms with Gasteiger partial charge in [0, 0.05) is 13.2 Å². The van der Waals surface area contributed by atoms with Crippen molar-refractivity contribution in [3.8, 4) is 0 Å². The van der Waals surface area contributed by atoms with Crippen LogP contribution in [0.2, 0.25) is 0 Å². The summed E-state index contributed by atoms with van der Waals surface area (Å²) in [6.45, 7) is 5.32. The predicted octanol–water partition coefficient (Wildman–Crippen LogP) is 3.50. The van der Waals surface area contributed by atoms with Crippen molar-refractivity contribution in [1.82, 2.24) is 0 Å². The van der Waals surface area contributed by atoms with Crippen molar-refractivity contribution in [3.05, 3.63) is 29.6 Å². The molecule has 114 valence electrons. The topological polar surface area (TPSA) is 41.5 Å². The van der Waals surface area contributed by atoms with Crippen LogP contribution in [0.15, 0.2) is 18.2 Å². The van der Waals surface area contributed by atoms with Gasteiger partial charge in [-0.3, -0.25) is 0 Å². The molecule has 0 aliphatic heterocycles. The standard InChI is InChI=1S/C16H26FNO2/c1-3-4-5-6-9-20-12-14(19)11-18-16-10-13(2)7-8-15(16)17/h7-8,10,14,18-19H,3-6,9,11-12H2,1-2H3. The normalized spacial score (nSPS) is 12.4. The highest BCUT2D eigenvalue weighted by Crippen LogP contribution is 2.15. The average Bonchev–Trinajstić information content (AvgIpc) is 2.43. The highest BCUT2D eigenvalue weighted by atomic mass is 19.1. The third-order valence-electron chi connectivity index (χ3n) is 3.10. The van der Waals surface area contributed by atoms with Gasteiger partial charge in [-0.1, -0.05) is 32.3 Å². The molecule has 0 amide bonds. The van der Waals surface area contributed by atoms with E-state index in [1.54, 1.807) is 12.1 Å². The highest BCUT2D eigenvalue weighted by Gasteiger charge is 2.07. The van der Waals surface area contributed by atoms with E-state index in [-0.39, 0.29) is 19.0 Å². The third kappa shape index (κ3) is 6.87. The van der Waals surface area contributed by atoms with Gasteiger partial charge in [0.1, 0.15) is 5.82 Å². The summed E-state index contributed by atoms with van der Waals surface area (Å²) in [4.78, 5) is 0. The van der Waals surface area contributed by atoms with Crippen LogP contribution in [-0.4, -0.2) is 31.0 Å². The number of nitrogens with one attached hydrogen (secondary N) is 1. The summed E-state index contributed by atoms with van der Waals surface area (Å²) in [5.41, 5.74) is 1.41. The number of aliphatic hydroxyl groups excluding tert-OH is 1. The molecule has 1 atom stereocenters. The average molecular weight is 283 g/mol. The van der Waals surface area contributed by atoms with Gasteiger partial charge in [0.25, 0.3) is 0 Å². The number of benzene rings is 1. The molecule has 1 rings (SSSR count). The fourth-order valence-electron chi connectivity index (χ4n) is 1.91. The minimum absolute atomic E-state index is 0.284. The number of ether oxygens (including phenoxy) is 1. The molecule has 4 heteroatoms. The van der Waals surface area contributed by atoms with Gasteiger partial charge in [-0.25, -0.2) is 4.39 Å². The maximum Gasteiger partial charge on any atom is 0.146 e. The van der Waals surface area contributed by atoms with Gasteiger partial charge in [-0.05, 0) is 31.0 Å². The Morgan fingerprint density at radius 1 is 1.30 bits per heavy atom.